The summed E-state index contributed by atoms with van der Waals surface area (Å²) in [5.41, 5.74) is 7.25. The van der Waals surface area contributed by atoms with Crippen LogP contribution in [-0.2, 0) is 0 Å². The number of halogens is 1. The minimum Gasteiger partial charge on any atom is -0.493 e. The van der Waals surface area contributed by atoms with Gasteiger partial charge in [-0.05, 0) is 36.3 Å². The lowest BCUT2D eigenvalue weighted by molar-refractivity contribution is 0.352. The molecule has 1 aliphatic carbocycles. The maximum Gasteiger partial charge on any atom is 0.162 e. The van der Waals surface area contributed by atoms with Gasteiger partial charge < -0.3 is 15.2 Å². The fourth-order valence-electron chi connectivity index (χ4n) is 2.32. The van der Waals surface area contributed by atoms with E-state index in [0.717, 1.165) is 11.5 Å². The van der Waals surface area contributed by atoms with E-state index in [1.807, 2.05) is 6.07 Å². The number of hydrogen-bond acceptors (Lipinski definition) is 3. The SMILES string of the molecule is COc1cc(Cl)c(C(N)C(C)C2CC2)cc1OC. The normalized spacial score (nSPS) is 18.3. The van der Waals surface area contributed by atoms with Gasteiger partial charge in [0.1, 0.15) is 0 Å². The van der Waals surface area contributed by atoms with Gasteiger partial charge in [0.25, 0.3) is 0 Å². The van der Waals surface area contributed by atoms with Crippen LogP contribution in [0, 0.1) is 11.8 Å². The minimum atomic E-state index is -0.0511. The van der Waals surface area contributed by atoms with E-state index in [-0.39, 0.29) is 6.04 Å². The first-order valence-corrected chi connectivity index (χ1v) is 6.63. The molecular weight excluding hydrogens is 250 g/mol. The first-order valence-electron chi connectivity index (χ1n) is 6.25. The van der Waals surface area contributed by atoms with Crippen LogP contribution in [0.2, 0.25) is 5.02 Å². The lowest BCUT2D eigenvalue weighted by Gasteiger charge is -2.22. The highest BCUT2D eigenvalue weighted by molar-refractivity contribution is 6.31. The zero-order valence-corrected chi connectivity index (χ0v) is 11.8. The van der Waals surface area contributed by atoms with Crippen molar-refractivity contribution in [2.24, 2.45) is 17.6 Å². The zero-order chi connectivity index (χ0) is 13.3. The lowest BCUT2D eigenvalue weighted by Crippen LogP contribution is -2.21. The number of methoxy groups -OCH3 is 2. The highest BCUT2D eigenvalue weighted by atomic mass is 35.5. The third kappa shape index (κ3) is 2.57. The molecule has 100 valence electrons. The molecule has 18 heavy (non-hydrogen) atoms. The van der Waals surface area contributed by atoms with Gasteiger partial charge in [-0.2, -0.15) is 0 Å². The summed E-state index contributed by atoms with van der Waals surface area (Å²) in [6.45, 7) is 2.19. The molecule has 2 unspecified atom stereocenters. The van der Waals surface area contributed by atoms with Crippen LogP contribution in [-0.4, -0.2) is 14.2 Å². The van der Waals surface area contributed by atoms with E-state index in [1.54, 1.807) is 20.3 Å². The van der Waals surface area contributed by atoms with E-state index in [2.05, 4.69) is 6.92 Å². The van der Waals surface area contributed by atoms with E-state index in [4.69, 9.17) is 26.8 Å². The molecule has 1 aliphatic rings. The van der Waals surface area contributed by atoms with Crippen LogP contribution in [0.3, 0.4) is 0 Å². The average molecular weight is 270 g/mol. The Morgan fingerprint density at radius 1 is 1.22 bits per heavy atom. The second-order valence-electron chi connectivity index (χ2n) is 4.95. The molecule has 0 spiro atoms. The van der Waals surface area contributed by atoms with Crippen molar-refractivity contribution in [3.8, 4) is 11.5 Å². The summed E-state index contributed by atoms with van der Waals surface area (Å²) in [4.78, 5) is 0. The van der Waals surface area contributed by atoms with Crippen molar-refractivity contribution in [2.45, 2.75) is 25.8 Å². The van der Waals surface area contributed by atoms with Crippen LogP contribution in [0.4, 0.5) is 0 Å². The molecule has 3 nitrogen and oxygen atoms in total. The number of benzene rings is 1. The first kappa shape index (κ1) is 13.5. The summed E-state index contributed by atoms with van der Waals surface area (Å²) in [5, 5.41) is 0.646. The Hall–Kier alpha value is -0.930. The maximum absolute atomic E-state index is 6.31. The first-order chi connectivity index (χ1) is 8.58. The number of nitrogens with two attached hydrogens (primary N) is 1. The molecule has 0 radical (unpaired) electrons. The molecule has 2 atom stereocenters. The highest BCUT2D eigenvalue weighted by Gasteiger charge is 2.33. The Morgan fingerprint density at radius 3 is 2.28 bits per heavy atom. The molecule has 1 fully saturated rings. The molecule has 1 aromatic carbocycles. The van der Waals surface area contributed by atoms with Crippen molar-refractivity contribution >= 4 is 11.6 Å². The molecule has 2 N–H and O–H groups in total. The Bertz CT molecular complexity index is 432. The fourth-order valence-corrected chi connectivity index (χ4v) is 2.60. The van der Waals surface area contributed by atoms with Crippen molar-refractivity contribution in [2.75, 3.05) is 14.2 Å². The van der Waals surface area contributed by atoms with Crippen LogP contribution in [0.1, 0.15) is 31.4 Å². The van der Waals surface area contributed by atoms with Crippen molar-refractivity contribution in [3.05, 3.63) is 22.7 Å². The van der Waals surface area contributed by atoms with Crippen LogP contribution in [0.25, 0.3) is 0 Å². The zero-order valence-electron chi connectivity index (χ0n) is 11.1. The van der Waals surface area contributed by atoms with E-state index < -0.39 is 0 Å². The summed E-state index contributed by atoms with van der Waals surface area (Å²) in [7, 11) is 3.21. The largest absolute Gasteiger partial charge is 0.493 e. The maximum atomic E-state index is 6.31. The van der Waals surface area contributed by atoms with Gasteiger partial charge in [-0.25, -0.2) is 0 Å². The van der Waals surface area contributed by atoms with Gasteiger partial charge in [0.15, 0.2) is 11.5 Å². The van der Waals surface area contributed by atoms with E-state index in [0.29, 0.717) is 22.4 Å². The molecule has 2 rings (SSSR count). The molecule has 0 aromatic heterocycles. The molecule has 0 heterocycles. The van der Waals surface area contributed by atoms with Gasteiger partial charge in [-0.15, -0.1) is 0 Å². The average Bonchev–Trinajstić information content (AvgIpc) is 3.20. The van der Waals surface area contributed by atoms with Gasteiger partial charge in [-0.3, -0.25) is 0 Å². The number of rotatable bonds is 5. The molecule has 4 heteroatoms. The monoisotopic (exact) mass is 269 g/mol. The summed E-state index contributed by atoms with van der Waals surface area (Å²) in [6.07, 6.45) is 2.56. The van der Waals surface area contributed by atoms with Crippen molar-refractivity contribution in [3.63, 3.8) is 0 Å². The molecule has 0 saturated heterocycles. The summed E-state index contributed by atoms with van der Waals surface area (Å²) < 4.78 is 10.5. The number of ether oxygens (including phenoxy) is 2. The van der Waals surface area contributed by atoms with Gasteiger partial charge in [0.2, 0.25) is 0 Å². The quantitative estimate of drug-likeness (QED) is 0.891. The van der Waals surface area contributed by atoms with Gasteiger partial charge in [0, 0.05) is 17.1 Å². The molecule has 1 aromatic rings. The molecule has 0 aliphatic heterocycles. The Morgan fingerprint density at radius 2 is 1.78 bits per heavy atom. The van der Waals surface area contributed by atoms with Crippen LogP contribution < -0.4 is 15.2 Å². The third-order valence-corrected chi connectivity index (χ3v) is 4.12. The van der Waals surface area contributed by atoms with Crippen molar-refractivity contribution in [1.82, 2.24) is 0 Å². The summed E-state index contributed by atoms with van der Waals surface area (Å²) in [5.74, 6) is 2.50. The Kier molecular flexibility index (Phi) is 4.03. The molecule has 0 amide bonds. The molecular formula is C14H20ClNO2. The van der Waals surface area contributed by atoms with Crippen LogP contribution >= 0.6 is 11.6 Å². The van der Waals surface area contributed by atoms with Gasteiger partial charge >= 0.3 is 0 Å². The van der Waals surface area contributed by atoms with E-state index in [9.17, 15) is 0 Å². The Balaban J connectivity index is 2.31. The number of hydrogen-bond donors (Lipinski definition) is 1. The summed E-state index contributed by atoms with van der Waals surface area (Å²) in [6, 6.07) is 3.62. The topological polar surface area (TPSA) is 44.5 Å². The minimum absolute atomic E-state index is 0.0511. The van der Waals surface area contributed by atoms with Crippen LogP contribution in [0.15, 0.2) is 12.1 Å². The van der Waals surface area contributed by atoms with Crippen LogP contribution in [0.5, 0.6) is 11.5 Å². The van der Waals surface area contributed by atoms with Crippen molar-refractivity contribution in [1.29, 1.82) is 0 Å². The standard InChI is InChI=1S/C14H20ClNO2/c1-8(9-4-5-9)14(16)10-6-12(17-2)13(18-3)7-11(10)15/h6-9,14H,4-5,16H2,1-3H3. The second kappa shape index (κ2) is 5.37. The summed E-state index contributed by atoms with van der Waals surface area (Å²) >= 11 is 6.29. The fraction of sp³-hybridized carbons (Fsp3) is 0.571. The highest BCUT2D eigenvalue weighted by Crippen LogP contribution is 2.44. The van der Waals surface area contributed by atoms with E-state index >= 15 is 0 Å². The van der Waals surface area contributed by atoms with E-state index in [1.165, 1.54) is 12.8 Å². The van der Waals surface area contributed by atoms with Crippen molar-refractivity contribution < 1.29 is 9.47 Å². The van der Waals surface area contributed by atoms with Gasteiger partial charge in [0.05, 0.1) is 14.2 Å². The smallest absolute Gasteiger partial charge is 0.162 e. The predicted octanol–water partition coefficient (Wildman–Crippen LogP) is 3.40. The second-order valence-corrected chi connectivity index (χ2v) is 5.36. The Labute approximate surface area is 113 Å². The molecule has 1 saturated carbocycles. The third-order valence-electron chi connectivity index (χ3n) is 3.79. The predicted molar refractivity (Wildman–Crippen MR) is 73.4 cm³/mol. The molecule has 0 bridgehead atoms. The lowest BCUT2D eigenvalue weighted by atomic mass is 9.91. The van der Waals surface area contributed by atoms with Gasteiger partial charge in [-0.1, -0.05) is 18.5 Å².